The average molecular weight is 439 g/mol. The summed E-state index contributed by atoms with van der Waals surface area (Å²) in [7, 11) is 0. The Balaban J connectivity index is 1.93. The fourth-order valence-electron chi connectivity index (χ4n) is 4.69. The topological polar surface area (TPSA) is 97.8 Å². The van der Waals surface area contributed by atoms with Gasteiger partial charge in [0.1, 0.15) is 30.3 Å². The van der Waals surface area contributed by atoms with E-state index in [1.807, 2.05) is 0 Å². The van der Waals surface area contributed by atoms with Crippen molar-refractivity contribution in [3.63, 3.8) is 0 Å². The zero-order valence-corrected chi connectivity index (χ0v) is 17.0. The molecule has 3 heterocycles. The van der Waals surface area contributed by atoms with Crippen molar-refractivity contribution in [3.05, 3.63) is 39.9 Å². The minimum Gasteiger partial charge on any atom is -0.477 e. The summed E-state index contributed by atoms with van der Waals surface area (Å²) < 4.78 is 49.7. The number of aromatic nitrogens is 1. The monoisotopic (exact) mass is 439 g/mol. The van der Waals surface area contributed by atoms with Crippen LogP contribution >= 0.6 is 0 Å². The molecule has 168 valence electrons. The van der Waals surface area contributed by atoms with Crippen LogP contribution in [0.5, 0.6) is 0 Å². The minimum atomic E-state index is -1.76. The molecule has 4 rings (SSSR count). The van der Waals surface area contributed by atoms with Crippen molar-refractivity contribution in [2.45, 2.75) is 24.5 Å². The van der Waals surface area contributed by atoms with Gasteiger partial charge in [-0.1, -0.05) is 0 Å². The van der Waals surface area contributed by atoms with Gasteiger partial charge in [0.15, 0.2) is 0 Å². The van der Waals surface area contributed by atoms with Gasteiger partial charge in [0, 0.05) is 43.7 Å². The number of hydrogen-bond acceptors (Lipinski definition) is 5. The van der Waals surface area contributed by atoms with E-state index >= 15 is 4.39 Å². The first-order valence-corrected chi connectivity index (χ1v) is 10.0. The molecule has 0 radical (unpaired) electrons. The number of carbonyl (C=O) groups is 1. The lowest BCUT2D eigenvalue weighted by molar-refractivity contribution is 0.0126. The highest BCUT2D eigenvalue weighted by Crippen LogP contribution is 2.41. The van der Waals surface area contributed by atoms with E-state index in [-0.39, 0.29) is 29.1 Å². The number of alkyl halides is 2. The fraction of sp³-hybridized carbons (Fsp3) is 0.524. The molecule has 0 saturated carbocycles. The minimum absolute atomic E-state index is 0.0592. The maximum Gasteiger partial charge on any atom is 0.341 e. The summed E-state index contributed by atoms with van der Waals surface area (Å²) in [6.45, 7) is 0.657. The number of aromatic carboxylic acids is 1. The molecule has 2 aliphatic rings. The largest absolute Gasteiger partial charge is 0.477 e. The summed E-state index contributed by atoms with van der Waals surface area (Å²) in [6, 6.07) is 2.30. The molecule has 0 aliphatic carbocycles. The number of carboxylic acid groups (broad SMARTS) is 1. The van der Waals surface area contributed by atoms with Gasteiger partial charge in [-0.05, 0) is 25.5 Å². The van der Waals surface area contributed by atoms with E-state index in [2.05, 4.69) is 0 Å². The maximum atomic E-state index is 15.1. The summed E-state index contributed by atoms with van der Waals surface area (Å²) >= 11 is 0. The second kappa shape index (κ2) is 7.52. The van der Waals surface area contributed by atoms with E-state index in [0.717, 1.165) is 23.3 Å². The molecule has 1 aromatic carbocycles. The maximum absolute atomic E-state index is 15.1. The first-order chi connectivity index (χ1) is 14.7. The van der Waals surface area contributed by atoms with E-state index in [4.69, 9.17) is 10.5 Å². The van der Waals surface area contributed by atoms with Crippen molar-refractivity contribution in [1.82, 2.24) is 4.57 Å². The lowest BCUT2D eigenvalue weighted by Crippen LogP contribution is -2.44. The van der Waals surface area contributed by atoms with E-state index in [0.29, 0.717) is 19.7 Å². The molecule has 7 nitrogen and oxygen atoms in total. The smallest absolute Gasteiger partial charge is 0.341 e. The standard InChI is InChI=1S/C21H24F3N3O4/c1-20(8-22,9-23)27-7-14(19(29)30)18(28)13-4-15(24)17(5-16(13)27)26-6-12-2-3-31-21(12,10-25)11-26/h4-5,7,12H,2-3,6,8-11,25H2,1H3,(H,29,30). The van der Waals surface area contributed by atoms with E-state index in [1.54, 1.807) is 4.90 Å². The molecule has 0 amide bonds. The van der Waals surface area contributed by atoms with Crippen molar-refractivity contribution in [2.24, 2.45) is 11.7 Å². The van der Waals surface area contributed by atoms with E-state index < -0.39 is 47.3 Å². The first kappa shape index (κ1) is 21.6. The normalized spacial score (nSPS) is 23.5. The number of hydrogen-bond donors (Lipinski definition) is 2. The molecular weight excluding hydrogens is 415 g/mol. The van der Waals surface area contributed by atoms with Gasteiger partial charge >= 0.3 is 5.97 Å². The molecular formula is C21H24F3N3O4. The van der Waals surface area contributed by atoms with Crippen molar-refractivity contribution in [2.75, 3.05) is 44.5 Å². The number of anilines is 1. The Bertz CT molecular complexity index is 1100. The van der Waals surface area contributed by atoms with Crippen LogP contribution in [0.2, 0.25) is 0 Å². The number of nitrogens with zero attached hydrogens (tertiary/aromatic N) is 2. The van der Waals surface area contributed by atoms with Crippen LogP contribution in [0.4, 0.5) is 18.9 Å². The summed E-state index contributed by atoms with van der Waals surface area (Å²) in [4.78, 5) is 26.0. The Morgan fingerprint density at radius 3 is 2.68 bits per heavy atom. The number of nitrogens with two attached hydrogens (primary N) is 1. The second-order valence-corrected chi connectivity index (χ2v) is 8.62. The van der Waals surface area contributed by atoms with Crippen LogP contribution in [0.3, 0.4) is 0 Å². The molecule has 2 atom stereocenters. The Morgan fingerprint density at radius 2 is 2.10 bits per heavy atom. The molecule has 0 bridgehead atoms. The van der Waals surface area contributed by atoms with Crippen LogP contribution in [-0.4, -0.2) is 60.8 Å². The van der Waals surface area contributed by atoms with Crippen LogP contribution in [0.25, 0.3) is 10.9 Å². The Kier molecular flexibility index (Phi) is 5.25. The highest BCUT2D eigenvalue weighted by Gasteiger charge is 2.50. The number of ether oxygens (including phenoxy) is 1. The predicted molar refractivity (Wildman–Crippen MR) is 109 cm³/mol. The third-order valence-corrected chi connectivity index (χ3v) is 6.65. The summed E-state index contributed by atoms with van der Waals surface area (Å²) in [5.41, 5.74) is 2.21. The molecule has 10 heteroatoms. The van der Waals surface area contributed by atoms with Crippen LogP contribution in [0.15, 0.2) is 23.1 Å². The number of carboxylic acids is 1. The highest BCUT2D eigenvalue weighted by molar-refractivity contribution is 5.93. The van der Waals surface area contributed by atoms with Crippen molar-refractivity contribution in [1.29, 1.82) is 0 Å². The third kappa shape index (κ3) is 3.20. The molecule has 2 aliphatic heterocycles. The van der Waals surface area contributed by atoms with Gasteiger partial charge in [0.25, 0.3) is 0 Å². The van der Waals surface area contributed by atoms with Crippen LogP contribution in [0.1, 0.15) is 23.7 Å². The summed E-state index contributed by atoms with van der Waals surface area (Å²) in [6.07, 6.45) is 1.72. The lowest BCUT2D eigenvalue weighted by atomic mass is 9.91. The third-order valence-electron chi connectivity index (χ3n) is 6.65. The number of fused-ring (bicyclic) bond motifs is 2. The zero-order chi connectivity index (χ0) is 22.6. The molecule has 2 saturated heterocycles. The van der Waals surface area contributed by atoms with E-state index in [9.17, 15) is 23.5 Å². The van der Waals surface area contributed by atoms with Gasteiger partial charge in [-0.2, -0.15) is 0 Å². The van der Waals surface area contributed by atoms with Crippen molar-refractivity contribution < 1.29 is 27.8 Å². The van der Waals surface area contributed by atoms with Gasteiger partial charge in [0.2, 0.25) is 5.43 Å². The Hall–Kier alpha value is -2.59. The molecule has 0 spiro atoms. The average Bonchev–Trinajstić information content (AvgIpc) is 3.31. The predicted octanol–water partition coefficient (Wildman–Crippen LogP) is 2.05. The highest BCUT2D eigenvalue weighted by atomic mass is 19.1. The number of benzene rings is 1. The fourth-order valence-corrected chi connectivity index (χ4v) is 4.69. The molecule has 3 N–H and O–H groups in total. The van der Waals surface area contributed by atoms with Crippen molar-refractivity contribution >= 4 is 22.6 Å². The van der Waals surface area contributed by atoms with Crippen LogP contribution in [-0.2, 0) is 10.3 Å². The van der Waals surface area contributed by atoms with Crippen LogP contribution in [0, 0.1) is 11.7 Å². The quantitative estimate of drug-likeness (QED) is 0.715. The first-order valence-electron chi connectivity index (χ1n) is 10.0. The molecule has 1 aromatic heterocycles. The molecule has 2 unspecified atom stereocenters. The van der Waals surface area contributed by atoms with Gasteiger partial charge < -0.3 is 25.0 Å². The summed E-state index contributed by atoms with van der Waals surface area (Å²) in [5.74, 6) is -2.17. The Morgan fingerprint density at radius 1 is 1.39 bits per heavy atom. The molecule has 2 aromatic rings. The number of rotatable bonds is 6. The second-order valence-electron chi connectivity index (χ2n) is 8.62. The SMILES string of the molecule is CC(CF)(CF)n1cc(C(=O)O)c(=O)c2cc(F)c(N3CC4CCOC4(CN)C3)cc21. The number of pyridine rings is 1. The van der Waals surface area contributed by atoms with Crippen LogP contribution < -0.4 is 16.1 Å². The van der Waals surface area contributed by atoms with Gasteiger partial charge in [0.05, 0.1) is 16.7 Å². The van der Waals surface area contributed by atoms with Gasteiger partial charge in [-0.3, -0.25) is 4.79 Å². The summed E-state index contributed by atoms with van der Waals surface area (Å²) in [5, 5.41) is 9.12. The van der Waals surface area contributed by atoms with Crippen molar-refractivity contribution in [3.8, 4) is 0 Å². The Labute approximate surface area is 176 Å². The van der Waals surface area contributed by atoms with Gasteiger partial charge in [-0.25, -0.2) is 18.0 Å². The van der Waals surface area contributed by atoms with E-state index in [1.165, 1.54) is 13.0 Å². The molecule has 31 heavy (non-hydrogen) atoms. The molecule has 2 fully saturated rings. The zero-order valence-electron chi connectivity index (χ0n) is 17.0. The lowest BCUT2D eigenvalue weighted by Gasteiger charge is -2.30. The van der Waals surface area contributed by atoms with Gasteiger partial charge in [-0.15, -0.1) is 0 Å². The number of halogens is 3.